The number of amides is 1. The van der Waals surface area contributed by atoms with Crippen molar-refractivity contribution in [1.29, 1.82) is 0 Å². The molecule has 128 valence electrons. The van der Waals surface area contributed by atoms with Gasteiger partial charge < -0.3 is 10.6 Å². The first-order valence-corrected chi connectivity index (χ1v) is 7.68. The zero-order valence-corrected chi connectivity index (χ0v) is 13.3. The molecular formula is C18H19F3N2O. The van der Waals surface area contributed by atoms with Crippen LogP contribution in [-0.4, -0.2) is 18.5 Å². The standard InChI is InChI=1S/C18H19F3N2O/c1-12(7-8-13-5-3-2-4-6-13)23-16(24)11-22-15-10-9-14(19)17(20)18(15)21/h2-6,9-10,12,22H,7-8,11H2,1H3,(H,23,24)/t12-/m0/s1. The molecule has 0 saturated carbocycles. The Morgan fingerprint density at radius 1 is 1.04 bits per heavy atom. The maximum absolute atomic E-state index is 13.5. The highest BCUT2D eigenvalue weighted by atomic mass is 19.2. The second kappa shape index (κ2) is 8.38. The molecule has 0 heterocycles. The fourth-order valence-electron chi connectivity index (χ4n) is 2.26. The molecule has 1 amide bonds. The number of hydrogen-bond acceptors (Lipinski definition) is 2. The van der Waals surface area contributed by atoms with Crippen molar-refractivity contribution in [2.75, 3.05) is 11.9 Å². The van der Waals surface area contributed by atoms with Crippen LogP contribution < -0.4 is 10.6 Å². The van der Waals surface area contributed by atoms with Gasteiger partial charge in [-0.05, 0) is 37.5 Å². The van der Waals surface area contributed by atoms with Crippen molar-refractivity contribution in [1.82, 2.24) is 5.32 Å². The molecule has 0 spiro atoms. The topological polar surface area (TPSA) is 41.1 Å². The highest BCUT2D eigenvalue weighted by molar-refractivity contribution is 5.80. The lowest BCUT2D eigenvalue weighted by molar-refractivity contribution is -0.120. The van der Waals surface area contributed by atoms with Crippen molar-refractivity contribution in [3.8, 4) is 0 Å². The summed E-state index contributed by atoms with van der Waals surface area (Å²) in [6, 6.07) is 11.7. The van der Waals surface area contributed by atoms with Crippen molar-refractivity contribution in [3.05, 3.63) is 65.5 Å². The van der Waals surface area contributed by atoms with Crippen LogP contribution >= 0.6 is 0 Å². The molecule has 3 nitrogen and oxygen atoms in total. The van der Waals surface area contributed by atoms with Crippen LogP contribution in [0, 0.1) is 17.5 Å². The van der Waals surface area contributed by atoms with Crippen LogP contribution in [-0.2, 0) is 11.2 Å². The average Bonchev–Trinajstić information content (AvgIpc) is 2.58. The predicted molar refractivity (Wildman–Crippen MR) is 87.2 cm³/mol. The van der Waals surface area contributed by atoms with E-state index in [1.54, 1.807) is 0 Å². The fraction of sp³-hybridized carbons (Fsp3) is 0.278. The lowest BCUT2D eigenvalue weighted by atomic mass is 10.1. The van der Waals surface area contributed by atoms with E-state index in [1.807, 2.05) is 37.3 Å². The number of hydrogen-bond donors (Lipinski definition) is 2. The smallest absolute Gasteiger partial charge is 0.239 e. The molecule has 2 N–H and O–H groups in total. The summed E-state index contributed by atoms with van der Waals surface area (Å²) < 4.78 is 39.4. The summed E-state index contributed by atoms with van der Waals surface area (Å²) in [7, 11) is 0. The average molecular weight is 336 g/mol. The summed E-state index contributed by atoms with van der Waals surface area (Å²) in [5.41, 5.74) is 0.932. The highest BCUT2D eigenvalue weighted by Crippen LogP contribution is 2.19. The third-order valence-corrected chi connectivity index (χ3v) is 3.59. The SMILES string of the molecule is C[C@@H](CCc1ccccc1)NC(=O)CNc1ccc(F)c(F)c1F. The summed E-state index contributed by atoms with van der Waals surface area (Å²) in [5, 5.41) is 5.24. The van der Waals surface area contributed by atoms with Gasteiger partial charge in [0.15, 0.2) is 17.5 Å². The van der Waals surface area contributed by atoms with Crippen LogP contribution in [0.4, 0.5) is 18.9 Å². The summed E-state index contributed by atoms with van der Waals surface area (Å²) in [5.74, 6) is -4.51. The fourth-order valence-corrected chi connectivity index (χ4v) is 2.26. The Balaban J connectivity index is 1.78. The zero-order valence-electron chi connectivity index (χ0n) is 13.3. The molecule has 6 heteroatoms. The van der Waals surface area contributed by atoms with Crippen LogP contribution in [0.1, 0.15) is 18.9 Å². The Labute approximate surface area is 138 Å². The number of aryl methyl sites for hydroxylation is 1. The zero-order chi connectivity index (χ0) is 17.5. The van der Waals surface area contributed by atoms with Gasteiger partial charge in [0.1, 0.15) is 0 Å². The summed E-state index contributed by atoms with van der Waals surface area (Å²) in [4.78, 5) is 11.8. The molecule has 24 heavy (non-hydrogen) atoms. The Hall–Kier alpha value is -2.50. The monoisotopic (exact) mass is 336 g/mol. The minimum atomic E-state index is -1.56. The minimum absolute atomic E-state index is 0.0608. The van der Waals surface area contributed by atoms with Gasteiger partial charge in [0, 0.05) is 6.04 Å². The number of benzene rings is 2. The van der Waals surface area contributed by atoms with Crippen molar-refractivity contribution >= 4 is 11.6 Å². The van der Waals surface area contributed by atoms with Gasteiger partial charge >= 0.3 is 0 Å². The first-order chi connectivity index (χ1) is 11.5. The molecule has 1 atom stereocenters. The summed E-state index contributed by atoms with van der Waals surface area (Å²) >= 11 is 0. The van der Waals surface area contributed by atoms with E-state index in [1.165, 1.54) is 5.56 Å². The van der Waals surface area contributed by atoms with Gasteiger partial charge in [0.25, 0.3) is 0 Å². The van der Waals surface area contributed by atoms with E-state index in [9.17, 15) is 18.0 Å². The summed E-state index contributed by atoms with van der Waals surface area (Å²) in [6.07, 6.45) is 1.59. The molecule has 2 aromatic carbocycles. The third-order valence-electron chi connectivity index (χ3n) is 3.59. The summed E-state index contributed by atoms with van der Waals surface area (Å²) in [6.45, 7) is 1.65. The van der Waals surface area contributed by atoms with Gasteiger partial charge in [-0.2, -0.15) is 0 Å². The van der Waals surface area contributed by atoms with Crippen molar-refractivity contribution < 1.29 is 18.0 Å². The van der Waals surface area contributed by atoms with E-state index in [0.717, 1.165) is 25.0 Å². The van der Waals surface area contributed by atoms with E-state index >= 15 is 0 Å². The lowest BCUT2D eigenvalue weighted by Crippen LogP contribution is -2.37. The van der Waals surface area contributed by atoms with Crippen molar-refractivity contribution in [2.45, 2.75) is 25.8 Å². The number of halogens is 3. The molecule has 0 bridgehead atoms. The van der Waals surface area contributed by atoms with Crippen LogP contribution in [0.25, 0.3) is 0 Å². The normalized spacial score (nSPS) is 11.8. The van der Waals surface area contributed by atoms with Crippen LogP contribution in [0.3, 0.4) is 0 Å². The Morgan fingerprint density at radius 3 is 2.46 bits per heavy atom. The van der Waals surface area contributed by atoms with E-state index in [-0.39, 0.29) is 24.2 Å². The highest BCUT2D eigenvalue weighted by Gasteiger charge is 2.14. The van der Waals surface area contributed by atoms with Crippen LogP contribution in [0.2, 0.25) is 0 Å². The van der Waals surface area contributed by atoms with Gasteiger partial charge in [-0.3, -0.25) is 4.79 Å². The first kappa shape index (κ1) is 17.8. The van der Waals surface area contributed by atoms with Gasteiger partial charge in [-0.15, -0.1) is 0 Å². The molecule has 0 aromatic heterocycles. The van der Waals surface area contributed by atoms with Gasteiger partial charge in [0.05, 0.1) is 12.2 Å². The van der Waals surface area contributed by atoms with Gasteiger partial charge in [-0.25, -0.2) is 13.2 Å². The molecular weight excluding hydrogens is 317 g/mol. The lowest BCUT2D eigenvalue weighted by Gasteiger charge is -2.15. The van der Waals surface area contributed by atoms with Crippen molar-refractivity contribution in [2.24, 2.45) is 0 Å². The first-order valence-electron chi connectivity index (χ1n) is 7.68. The Kier molecular flexibility index (Phi) is 6.23. The molecule has 0 unspecified atom stereocenters. The van der Waals surface area contributed by atoms with E-state index in [4.69, 9.17) is 0 Å². The minimum Gasteiger partial charge on any atom is -0.374 e. The van der Waals surface area contributed by atoms with E-state index in [0.29, 0.717) is 0 Å². The number of carbonyl (C=O) groups excluding carboxylic acids is 1. The molecule has 0 fully saturated rings. The largest absolute Gasteiger partial charge is 0.374 e. The molecule has 0 saturated heterocycles. The second-order valence-corrected chi connectivity index (χ2v) is 5.57. The molecule has 0 radical (unpaired) electrons. The maximum Gasteiger partial charge on any atom is 0.239 e. The number of nitrogens with one attached hydrogen (secondary N) is 2. The number of anilines is 1. The van der Waals surface area contributed by atoms with Crippen LogP contribution in [0.15, 0.2) is 42.5 Å². The molecule has 2 rings (SSSR count). The number of rotatable bonds is 7. The Bertz CT molecular complexity index is 692. The second-order valence-electron chi connectivity index (χ2n) is 5.57. The number of carbonyl (C=O) groups is 1. The van der Waals surface area contributed by atoms with Gasteiger partial charge in [0.2, 0.25) is 5.91 Å². The Morgan fingerprint density at radius 2 is 1.75 bits per heavy atom. The van der Waals surface area contributed by atoms with E-state index in [2.05, 4.69) is 10.6 Å². The quantitative estimate of drug-likeness (QED) is 0.758. The van der Waals surface area contributed by atoms with Crippen LogP contribution in [0.5, 0.6) is 0 Å². The molecule has 0 aliphatic carbocycles. The molecule has 0 aliphatic rings. The van der Waals surface area contributed by atoms with Gasteiger partial charge in [-0.1, -0.05) is 30.3 Å². The van der Waals surface area contributed by atoms with E-state index < -0.39 is 17.5 Å². The maximum atomic E-state index is 13.5. The predicted octanol–water partition coefficient (Wildman–Crippen LogP) is 3.65. The molecule has 2 aromatic rings. The third kappa shape index (κ3) is 5.01. The molecule has 0 aliphatic heterocycles. The van der Waals surface area contributed by atoms with Crippen molar-refractivity contribution in [3.63, 3.8) is 0 Å².